The SMILES string of the molecule is CCCCOCC(C)NNC(=O)OC(C)(C)C. The molecule has 0 spiro atoms. The first-order chi connectivity index (χ1) is 7.85. The Balaban J connectivity index is 3.55. The molecule has 0 bridgehead atoms. The minimum atomic E-state index is -0.480. The van der Waals surface area contributed by atoms with Crippen molar-refractivity contribution in [2.45, 2.75) is 59.1 Å². The number of carbonyl (C=O) groups is 1. The van der Waals surface area contributed by atoms with Crippen molar-refractivity contribution in [2.75, 3.05) is 13.2 Å². The van der Waals surface area contributed by atoms with Crippen LogP contribution in [0, 0.1) is 0 Å². The van der Waals surface area contributed by atoms with Gasteiger partial charge in [-0.2, -0.15) is 0 Å². The standard InChI is InChI=1S/C12H26N2O3/c1-6-7-8-16-9-10(2)13-14-11(15)17-12(3,4)5/h10,13H,6-9H2,1-5H3,(H,14,15). The highest BCUT2D eigenvalue weighted by Gasteiger charge is 2.16. The predicted octanol–water partition coefficient (Wildman–Crippen LogP) is 2.22. The number of hydrogen-bond donors (Lipinski definition) is 2. The van der Waals surface area contributed by atoms with Gasteiger partial charge in [-0.05, 0) is 34.1 Å². The van der Waals surface area contributed by atoms with Gasteiger partial charge in [0.15, 0.2) is 0 Å². The van der Waals surface area contributed by atoms with Gasteiger partial charge in [0.2, 0.25) is 0 Å². The Hall–Kier alpha value is -0.810. The summed E-state index contributed by atoms with van der Waals surface area (Å²) in [7, 11) is 0. The second kappa shape index (κ2) is 8.31. The fraction of sp³-hybridized carbons (Fsp3) is 0.917. The number of carbonyl (C=O) groups excluding carboxylic acids is 1. The Bertz CT molecular complexity index is 214. The van der Waals surface area contributed by atoms with Crippen LogP contribution in [-0.4, -0.2) is 30.9 Å². The summed E-state index contributed by atoms with van der Waals surface area (Å²) in [5.41, 5.74) is 4.84. The van der Waals surface area contributed by atoms with Crippen molar-refractivity contribution >= 4 is 6.09 Å². The van der Waals surface area contributed by atoms with Crippen molar-refractivity contribution < 1.29 is 14.3 Å². The summed E-state index contributed by atoms with van der Waals surface area (Å²) in [5.74, 6) is 0. The average Bonchev–Trinajstić information content (AvgIpc) is 2.19. The van der Waals surface area contributed by atoms with Gasteiger partial charge in [-0.15, -0.1) is 0 Å². The van der Waals surface area contributed by atoms with Gasteiger partial charge in [0.1, 0.15) is 5.60 Å². The monoisotopic (exact) mass is 246 g/mol. The second-order valence-electron chi connectivity index (χ2n) is 5.10. The number of hydrogen-bond acceptors (Lipinski definition) is 4. The molecule has 0 saturated heterocycles. The third-order valence-corrected chi connectivity index (χ3v) is 1.83. The van der Waals surface area contributed by atoms with Crippen LogP contribution in [0.4, 0.5) is 4.79 Å². The zero-order valence-electron chi connectivity index (χ0n) is 11.6. The van der Waals surface area contributed by atoms with Crippen LogP contribution in [0.2, 0.25) is 0 Å². The number of unbranched alkanes of at least 4 members (excludes halogenated alkanes) is 1. The van der Waals surface area contributed by atoms with E-state index in [1.165, 1.54) is 0 Å². The second-order valence-corrected chi connectivity index (χ2v) is 5.10. The summed E-state index contributed by atoms with van der Waals surface area (Å²) in [5, 5.41) is 0. The van der Waals surface area contributed by atoms with E-state index in [0.717, 1.165) is 19.4 Å². The quantitative estimate of drug-likeness (QED) is 0.534. The predicted molar refractivity (Wildman–Crippen MR) is 67.7 cm³/mol. The number of nitrogens with one attached hydrogen (secondary N) is 2. The molecule has 0 aliphatic rings. The largest absolute Gasteiger partial charge is 0.443 e. The fourth-order valence-corrected chi connectivity index (χ4v) is 1.03. The van der Waals surface area contributed by atoms with Gasteiger partial charge in [-0.25, -0.2) is 10.2 Å². The summed E-state index contributed by atoms with van der Waals surface area (Å²) < 4.78 is 10.5. The van der Waals surface area contributed by atoms with Gasteiger partial charge >= 0.3 is 6.09 Å². The van der Waals surface area contributed by atoms with E-state index in [1.807, 2.05) is 27.7 Å². The molecule has 0 aliphatic carbocycles. The fourth-order valence-electron chi connectivity index (χ4n) is 1.03. The Morgan fingerprint density at radius 1 is 1.35 bits per heavy atom. The van der Waals surface area contributed by atoms with E-state index in [2.05, 4.69) is 17.8 Å². The van der Waals surface area contributed by atoms with E-state index in [0.29, 0.717) is 6.61 Å². The molecule has 1 atom stereocenters. The van der Waals surface area contributed by atoms with Crippen LogP contribution >= 0.6 is 0 Å². The first-order valence-electron chi connectivity index (χ1n) is 6.17. The molecule has 0 radical (unpaired) electrons. The Labute approximate surface area is 104 Å². The smallest absolute Gasteiger partial charge is 0.422 e. The van der Waals surface area contributed by atoms with E-state index in [4.69, 9.17) is 9.47 Å². The van der Waals surface area contributed by atoms with Gasteiger partial charge in [0, 0.05) is 12.6 Å². The van der Waals surface area contributed by atoms with Crippen LogP contribution in [0.1, 0.15) is 47.5 Å². The zero-order valence-corrected chi connectivity index (χ0v) is 11.6. The number of amides is 1. The van der Waals surface area contributed by atoms with Crippen LogP contribution in [0.25, 0.3) is 0 Å². The maximum absolute atomic E-state index is 11.3. The highest BCUT2D eigenvalue weighted by molar-refractivity contribution is 5.66. The summed E-state index contributed by atoms with van der Waals surface area (Å²) in [6, 6.07) is 0.0550. The molecule has 0 aromatic rings. The molecule has 2 N–H and O–H groups in total. The lowest BCUT2D eigenvalue weighted by atomic mass is 10.2. The van der Waals surface area contributed by atoms with Crippen LogP contribution in [-0.2, 0) is 9.47 Å². The van der Waals surface area contributed by atoms with Gasteiger partial charge in [-0.1, -0.05) is 13.3 Å². The summed E-state index contributed by atoms with van der Waals surface area (Å²) in [4.78, 5) is 11.3. The molecule has 5 nitrogen and oxygen atoms in total. The first kappa shape index (κ1) is 16.2. The lowest BCUT2D eigenvalue weighted by molar-refractivity contribution is 0.0463. The maximum Gasteiger partial charge on any atom is 0.422 e. The lowest BCUT2D eigenvalue weighted by Gasteiger charge is -2.21. The Morgan fingerprint density at radius 3 is 2.53 bits per heavy atom. The van der Waals surface area contributed by atoms with Crippen LogP contribution in [0.3, 0.4) is 0 Å². The van der Waals surface area contributed by atoms with E-state index in [1.54, 1.807) is 0 Å². The van der Waals surface area contributed by atoms with Crippen LogP contribution in [0.5, 0.6) is 0 Å². The van der Waals surface area contributed by atoms with Crippen molar-refractivity contribution in [1.29, 1.82) is 0 Å². The molecule has 0 aliphatic heterocycles. The Morgan fingerprint density at radius 2 is 2.00 bits per heavy atom. The molecule has 0 aromatic carbocycles. The number of rotatable bonds is 7. The highest BCUT2D eigenvalue weighted by Crippen LogP contribution is 2.05. The van der Waals surface area contributed by atoms with Crippen LogP contribution < -0.4 is 10.9 Å². The van der Waals surface area contributed by atoms with Crippen molar-refractivity contribution in [3.63, 3.8) is 0 Å². The minimum absolute atomic E-state index is 0.0550. The summed E-state index contributed by atoms with van der Waals surface area (Å²) in [6.45, 7) is 10.8. The number of ether oxygens (including phenoxy) is 2. The molecule has 0 heterocycles. The first-order valence-corrected chi connectivity index (χ1v) is 6.17. The van der Waals surface area contributed by atoms with Crippen molar-refractivity contribution in [3.05, 3.63) is 0 Å². The molecule has 1 amide bonds. The topological polar surface area (TPSA) is 59.6 Å². The molecule has 0 fully saturated rings. The average molecular weight is 246 g/mol. The molecular formula is C12H26N2O3. The maximum atomic E-state index is 11.3. The van der Waals surface area contributed by atoms with Gasteiger partial charge in [-0.3, -0.25) is 5.43 Å². The lowest BCUT2D eigenvalue weighted by Crippen LogP contribution is -2.46. The van der Waals surface area contributed by atoms with Gasteiger partial charge < -0.3 is 9.47 Å². The van der Waals surface area contributed by atoms with Crippen LogP contribution in [0.15, 0.2) is 0 Å². The zero-order chi connectivity index (χ0) is 13.3. The molecule has 0 rings (SSSR count). The third-order valence-electron chi connectivity index (χ3n) is 1.83. The summed E-state index contributed by atoms with van der Waals surface area (Å²) in [6.07, 6.45) is 1.71. The van der Waals surface area contributed by atoms with Crippen molar-refractivity contribution in [2.24, 2.45) is 0 Å². The molecular weight excluding hydrogens is 220 g/mol. The third kappa shape index (κ3) is 11.5. The van der Waals surface area contributed by atoms with E-state index < -0.39 is 11.7 Å². The van der Waals surface area contributed by atoms with Gasteiger partial charge in [0.25, 0.3) is 0 Å². The number of hydrazine groups is 1. The molecule has 1 unspecified atom stereocenters. The van der Waals surface area contributed by atoms with Gasteiger partial charge in [0.05, 0.1) is 6.61 Å². The van der Waals surface area contributed by atoms with Crippen molar-refractivity contribution in [1.82, 2.24) is 10.9 Å². The molecule has 0 aromatic heterocycles. The highest BCUT2D eigenvalue weighted by atomic mass is 16.6. The van der Waals surface area contributed by atoms with Crippen molar-refractivity contribution in [3.8, 4) is 0 Å². The van der Waals surface area contributed by atoms with E-state index in [-0.39, 0.29) is 6.04 Å². The molecule has 102 valence electrons. The summed E-state index contributed by atoms with van der Waals surface area (Å²) >= 11 is 0. The molecule has 17 heavy (non-hydrogen) atoms. The molecule has 5 heteroatoms. The van der Waals surface area contributed by atoms with E-state index >= 15 is 0 Å². The normalized spacial score (nSPS) is 13.2. The molecule has 0 saturated carbocycles. The Kier molecular flexibility index (Phi) is 7.91. The van der Waals surface area contributed by atoms with E-state index in [9.17, 15) is 4.79 Å². The minimum Gasteiger partial charge on any atom is -0.443 e.